The third kappa shape index (κ3) is 7.68. The number of nitriles is 1. The number of anilines is 1. The van der Waals surface area contributed by atoms with Gasteiger partial charge in [-0.15, -0.1) is 11.3 Å². The Morgan fingerprint density at radius 2 is 1.81 bits per heavy atom. The molecule has 0 saturated carbocycles. The molecule has 47 heavy (non-hydrogen) atoms. The van der Waals surface area contributed by atoms with Gasteiger partial charge in [0, 0.05) is 93.6 Å². The molecule has 1 atom stereocenters. The molecular formula is C33H42F3N8OPS. The van der Waals surface area contributed by atoms with Crippen LogP contribution < -0.4 is 5.32 Å². The number of fused-ring (bicyclic) bond motifs is 2. The van der Waals surface area contributed by atoms with E-state index in [-0.39, 0.29) is 17.0 Å². The van der Waals surface area contributed by atoms with E-state index in [1.165, 1.54) is 17.5 Å². The lowest BCUT2D eigenvalue weighted by atomic mass is 10.0. The molecule has 4 aromatic rings. The summed E-state index contributed by atoms with van der Waals surface area (Å²) in [7, 11) is -2.24. The van der Waals surface area contributed by atoms with E-state index in [1.807, 2.05) is 19.4 Å². The van der Waals surface area contributed by atoms with Crippen LogP contribution in [0.4, 0.5) is 19.0 Å². The fraction of sp³-hybridized carbons (Fsp3) is 0.545. The number of piperazine rings is 1. The summed E-state index contributed by atoms with van der Waals surface area (Å²) in [5, 5.41) is 15.3. The quantitative estimate of drug-likeness (QED) is 0.198. The number of nitrogens with one attached hydrogen (secondary N) is 1. The molecule has 0 amide bonds. The topological polar surface area (TPSA) is 93.3 Å². The number of hydrogen-bond donors (Lipinski definition) is 1. The van der Waals surface area contributed by atoms with Gasteiger partial charge in [-0.3, -0.25) is 14.5 Å². The molecule has 252 valence electrons. The molecular weight excluding hydrogens is 644 g/mol. The molecule has 3 aromatic heterocycles. The zero-order chi connectivity index (χ0) is 33.5. The molecule has 1 N–H and O–H groups in total. The van der Waals surface area contributed by atoms with Crippen LogP contribution in [0, 0.1) is 18.3 Å². The number of alkyl halides is 3. The first-order chi connectivity index (χ1) is 22.3. The van der Waals surface area contributed by atoms with Gasteiger partial charge in [-0.1, -0.05) is 6.07 Å². The Balaban J connectivity index is 1.08. The molecule has 0 radical (unpaired) electrons. The van der Waals surface area contributed by atoms with E-state index in [0.29, 0.717) is 21.7 Å². The van der Waals surface area contributed by atoms with Crippen LogP contribution in [0.5, 0.6) is 0 Å². The Morgan fingerprint density at radius 1 is 1.09 bits per heavy atom. The van der Waals surface area contributed by atoms with Crippen molar-refractivity contribution in [2.45, 2.75) is 64.5 Å². The van der Waals surface area contributed by atoms with Crippen LogP contribution >= 0.6 is 18.6 Å². The average molecular weight is 687 g/mol. The maximum atomic E-state index is 12.9. The van der Waals surface area contributed by atoms with Crippen molar-refractivity contribution in [1.82, 2.24) is 29.0 Å². The summed E-state index contributed by atoms with van der Waals surface area (Å²) in [4.78, 5) is 14.2. The number of benzene rings is 1. The van der Waals surface area contributed by atoms with Crippen LogP contribution in [0.25, 0.3) is 21.1 Å². The first-order valence-corrected chi connectivity index (χ1v) is 19.5. The van der Waals surface area contributed by atoms with Crippen molar-refractivity contribution >= 4 is 45.6 Å². The maximum Gasteiger partial charge on any atom is 0.393 e. The van der Waals surface area contributed by atoms with E-state index < -0.39 is 19.9 Å². The zero-order valence-corrected chi connectivity index (χ0v) is 29.1. The Bertz CT molecular complexity index is 1830. The first-order valence-electron chi connectivity index (χ1n) is 16.1. The number of likely N-dealkylation sites (tertiary alicyclic amines) is 1. The van der Waals surface area contributed by atoms with Gasteiger partial charge in [0.15, 0.2) is 0 Å². The van der Waals surface area contributed by atoms with Crippen LogP contribution in [0.15, 0.2) is 30.6 Å². The monoisotopic (exact) mass is 686 g/mol. The van der Waals surface area contributed by atoms with Crippen molar-refractivity contribution in [3.63, 3.8) is 0 Å². The second kappa shape index (κ2) is 13.5. The van der Waals surface area contributed by atoms with Crippen molar-refractivity contribution in [1.29, 1.82) is 5.26 Å². The van der Waals surface area contributed by atoms with Crippen LogP contribution in [-0.4, -0.2) is 99.9 Å². The number of piperidine rings is 1. The largest absolute Gasteiger partial charge is 0.393 e. The molecule has 9 nitrogen and oxygen atoms in total. The molecule has 0 spiro atoms. The highest BCUT2D eigenvalue weighted by Crippen LogP contribution is 2.41. The average Bonchev–Trinajstić information content (AvgIpc) is 3.59. The fourth-order valence-electron chi connectivity index (χ4n) is 6.97. The number of halogens is 3. The fourth-order valence-corrected chi connectivity index (χ4v) is 9.14. The van der Waals surface area contributed by atoms with Gasteiger partial charge in [0.1, 0.15) is 36.0 Å². The lowest BCUT2D eigenvalue weighted by molar-refractivity contribution is -0.126. The number of rotatable bonds is 9. The van der Waals surface area contributed by atoms with Crippen molar-refractivity contribution in [3.05, 3.63) is 52.3 Å². The summed E-state index contributed by atoms with van der Waals surface area (Å²) in [6.07, 6.45) is -2.02. The lowest BCUT2D eigenvalue weighted by Crippen LogP contribution is -2.49. The van der Waals surface area contributed by atoms with Gasteiger partial charge >= 0.3 is 6.18 Å². The second-order valence-corrected chi connectivity index (χ2v) is 17.6. The molecule has 14 heteroatoms. The van der Waals surface area contributed by atoms with Gasteiger partial charge in [-0.05, 0) is 56.0 Å². The van der Waals surface area contributed by atoms with E-state index in [4.69, 9.17) is 0 Å². The molecule has 0 bridgehead atoms. The standard InChI is InChI=1S/C33H42F3N8OPS/c1-22(42-11-13-43(14-12-42)46(3,4)45)19-44-26(18-37)15-28-23(2)24(5-6-30(28)44)20-41-9-7-25(8-10-41)40-31-29-16-27(17-33(34,35)36)47-32(29)39-21-38-31/h5-6,15-16,21-22,25H,7-14,17,19-20H2,1-4H3,(H,38,39,40)/t22-/m0/s1. The molecule has 2 saturated heterocycles. The number of hydrogen-bond acceptors (Lipinski definition) is 8. The minimum atomic E-state index is -4.26. The van der Waals surface area contributed by atoms with E-state index >= 15 is 0 Å². The highest BCUT2D eigenvalue weighted by molar-refractivity contribution is 7.59. The summed E-state index contributed by atoms with van der Waals surface area (Å²) in [6, 6.07) is 10.8. The van der Waals surface area contributed by atoms with Crippen molar-refractivity contribution in [3.8, 4) is 6.07 Å². The molecule has 2 aliphatic heterocycles. The Kier molecular flexibility index (Phi) is 9.71. The number of thiophene rings is 1. The van der Waals surface area contributed by atoms with Crippen molar-refractivity contribution in [2.24, 2.45) is 0 Å². The Hall–Kier alpha value is -3.01. The van der Waals surface area contributed by atoms with Crippen molar-refractivity contribution in [2.75, 3.05) is 57.9 Å². The van der Waals surface area contributed by atoms with Crippen LogP contribution in [0.1, 0.15) is 41.5 Å². The number of aryl methyl sites for hydroxylation is 1. The number of nitrogens with zero attached hydrogens (tertiary/aromatic N) is 7. The summed E-state index contributed by atoms with van der Waals surface area (Å²) in [6.45, 7) is 14.6. The molecule has 5 heterocycles. The zero-order valence-electron chi connectivity index (χ0n) is 27.3. The third-order valence-electron chi connectivity index (χ3n) is 9.70. The summed E-state index contributed by atoms with van der Waals surface area (Å²) in [5.41, 5.74) is 4.17. The molecule has 0 unspecified atom stereocenters. The van der Waals surface area contributed by atoms with Gasteiger partial charge in [-0.2, -0.15) is 18.4 Å². The summed E-state index contributed by atoms with van der Waals surface area (Å²) in [5.74, 6) is 0.599. The van der Waals surface area contributed by atoms with E-state index in [1.54, 1.807) is 6.07 Å². The second-order valence-electron chi connectivity index (χ2n) is 13.3. The van der Waals surface area contributed by atoms with Gasteiger partial charge in [0.25, 0.3) is 0 Å². The SMILES string of the molecule is Cc1c(CN2CCC(Nc3ncnc4sc(CC(F)(F)F)cc34)CC2)ccc2c1cc(C#N)n2C[C@H](C)N1CCN(P(C)(C)=O)CC1. The summed E-state index contributed by atoms with van der Waals surface area (Å²) >= 11 is 1.07. The normalized spacial score (nSPS) is 18.6. The van der Waals surface area contributed by atoms with E-state index in [0.717, 1.165) is 87.4 Å². The molecule has 0 aliphatic carbocycles. The number of aromatic nitrogens is 3. The van der Waals surface area contributed by atoms with E-state index in [2.05, 4.69) is 66.4 Å². The highest BCUT2D eigenvalue weighted by atomic mass is 32.1. The van der Waals surface area contributed by atoms with Crippen LogP contribution in [0.2, 0.25) is 0 Å². The minimum Gasteiger partial charge on any atom is -0.367 e. The van der Waals surface area contributed by atoms with Gasteiger partial charge in [0.2, 0.25) is 0 Å². The molecule has 2 aliphatic rings. The summed E-state index contributed by atoms with van der Waals surface area (Å²) < 4.78 is 55.6. The Labute approximate surface area is 277 Å². The maximum absolute atomic E-state index is 12.9. The van der Waals surface area contributed by atoms with Crippen molar-refractivity contribution < 1.29 is 17.7 Å². The lowest BCUT2D eigenvalue weighted by Gasteiger charge is -2.39. The highest BCUT2D eigenvalue weighted by Gasteiger charge is 2.30. The van der Waals surface area contributed by atoms with Gasteiger partial charge in [0.05, 0.1) is 11.8 Å². The Morgan fingerprint density at radius 3 is 2.47 bits per heavy atom. The minimum absolute atomic E-state index is 0.171. The molecule has 2 fully saturated rings. The third-order valence-corrected chi connectivity index (χ3v) is 12.5. The molecule has 1 aromatic carbocycles. The predicted molar refractivity (Wildman–Crippen MR) is 183 cm³/mol. The smallest absolute Gasteiger partial charge is 0.367 e. The molecule has 6 rings (SSSR count). The van der Waals surface area contributed by atoms with Crippen LogP contribution in [-0.2, 0) is 24.1 Å². The first kappa shape index (κ1) is 33.9. The van der Waals surface area contributed by atoms with Gasteiger partial charge < -0.3 is 14.4 Å². The predicted octanol–water partition coefficient (Wildman–Crippen LogP) is 6.55. The van der Waals surface area contributed by atoms with E-state index in [9.17, 15) is 23.0 Å². The van der Waals surface area contributed by atoms with Gasteiger partial charge in [-0.25, -0.2) is 9.97 Å². The van der Waals surface area contributed by atoms with Crippen LogP contribution in [0.3, 0.4) is 0 Å².